The molecule has 0 aliphatic carbocycles. The van der Waals surface area contributed by atoms with Crippen LogP contribution < -0.4 is 4.90 Å². The molecule has 4 nitrogen and oxygen atoms in total. The number of halogens is 3. The predicted octanol–water partition coefficient (Wildman–Crippen LogP) is 4.10. The van der Waals surface area contributed by atoms with Gasteiger partial charge >= 0.3 is 6.18 Å². The number of imidazole rings is 1. The molecule has 2 aromatic carbocycles. The fraction of sp³-hybridized carbons (Fsp3) is 0.222. The summed E-state index contributed by atoms with van der Waals surface area (Å²) in [7, 11) is 3.41. The van der Waals surface area contributed by atoms with Gasteiger partial charge in [0.2, 0.25) is 0 Å². The van der Waals surface area contributed by atoms with Crippen molar-refractivity contribution in [2.75, 3.05) is 11.9 Å². The molecule has 128 valence electrons. The van der Waals surface area contributed by atoms with Gasteiger partial charge in [0.05, 0.1) is 34.8 Å². The number of nitriles is 1. The summed E-state index contributed by atoms with van der Waals surface area (Å²) in [5, 5.41) is 8.87. The number of rotatable bonds is 3. The summed E-state index contributed by atoms with van der Waals surface area (Å²) in [6.45, 7) is 0.208. The van der Waals surface area contributed by atoms with Crippen LogP contribution in [0, 0.1) is 11.3 Å². The van der Waals surface area contributed by atoms with E-state index in [1.807, 2.05) is 35.9 Å². The third-order valence-corrected chi connectivity index (χ3v) is 4.10. The first-order valence-corrected chi connectivity index (χ1v) is 7.54. The molecule has 0 amide bonds. The van der Waals surface area contributed by atoms with Crippen LogP contribution in [-0.4, -0.2) is 16.6 Å². The first-order valence-electron chi connectivity index (χ1n) is 7.54. The molecule has 3 aromatic rings. The van der Waals surface area contributed by atoms with E-state index in [0.29, 0.717) is 5.82 Å². The normalized spacial score (nSPS) is 11.5. The molecule has 0 saturated carbocycles. The monoisotopic (exact) mass is 344 g/mol. The maximum Gasteiger partial charge on any atom is 0.418 e. The van der Waals surface area contributed by atoms with Crippen molar-refractivity contribution in [1.29, 1.82) is 5.26 Å². The molecular weight excluding hydrogens is 329 g/mol. The Kier molecular flexibility index (Phi) is 4.13. The van der Waals surface area contributed by atoms with Crippen molar-refractivity contribution in [1.82, 2.24) is 9.55 Å². The number of benzene rings is 2. The highest BCUT2D eigenvalue weighted by Gasteiger charge is 2.35. The van der Waals surface area contributed by atoms with Gasteiger partial charge in [-0.25, -0.2) is 4.98 Å². The zero-order valence-corrected chi connectivity index (χ0v) is 13.7. The van der Waals surface area contributed by atoms with Crippen molar-refractivity contribution in [3.8, 4) is 6.07 Å². The van der Waals surface area contributed by atoms with E-state index in [1.54, 1.807) is 13.1 Å². The molecule has 0 spiro atoms. The molecule has 7 heteroatoms. The summed E-state index contributed by atoms with van der Waals surface area (Å²) in [6.07, 6.45) is -4.54. The minimum Gasteiger partial charge on any atom is -0.367 e. The number of para-hydroxylation sites is 2. The van der Waals surface area contributed by atoms with Crippen LogP contribution in [0.2, 0.25) is 0 Å². The number of hydrogen-bond acceptors (Lipinski definition) is 3. The molecule has 25 heavy (non-hydrogen) atoms. The maximum absolute atomic E-state index is 13.4. The number of aryl methyl sites for hydroxylation is 1. The molecule has 0 bridgehead atoms. The largest absolute Gasteiger partial charge is 0.418 e. The Morgan fingerprint density at radius 2 is 1.92 bits per heavy atom. The molecule has 0 unspecified atom stereocenters. The second kappa shape index (κ2) is 6.13. The Morgan fingerprint density at radius 3 is 2.56 bits per heavy atom. The van der Waals surface area contributed by atoms with Crippen LogP contribution in [-0.2, 0) is 19.8 Å². The molecular formula is C18H15F3N4. The summed E-state index contributed by atoms with van der Waals surface area (Å²) in [4.78, 5) is 5.98. The van der Waals surface area contributed by atoms with Gasteiger partial charge in [-0.15, -0.1) is 0 Å². The van der Waals surface area contributed by atoms with Crippen molar-refractivity contribution < 1.29 is 13.2 Å². The quantitative estimate of drug-likeness (QED) is 0.718. The molecule has 0 atom stereocenters. The van der Waals surface area contributed by atoms with E-state index in [-0.39, 0.29) is 17.8 Å². The van der Waals surface area contributed by atoms with Crippen molar-refractivity contribution in [3.63, 3.8) is 0 Å². The van der Waals surface area contributed by atoms with Crippen molar-refractivity contribution >= 4 is 16.7 Å². The highest BCUT2D eigenvalue weighted by Crippen LogP contribution is 2.37. The zero-order chi connectivity index (χ0) is 18.2. The lowest BCUT2D eigenvalue weighted by Crippen LogP contribution is -2.22. The highest BCUT2D eigenvalue weighted by molar-refractivity contribution is 5.75. The van der Waals surface area contributed by atoms with E-state index in [0.717, 1.165) is 17.1 Å². The molecule has 0 aliphatic rings. The van der Waals surface area contributed by atoms with Crippen LogP contribution in [0.5, 0.6) is 0 Å². The number of hydrogen-bond donors (Lipinski definition) is 0. The van der Waals surface area contributed by atoms with Crippen LogP contribution in [0.15, 0.2) is 42.5 Å². The Bertz CT molecular complexity index is 967. The van der Waals surface area contributed by atoms with Gasteiger partial charge < -0.3 is 9.47 Å². The fourth-order valence-electron chi connectivity index (χ4n) is 2.80. The minimum absolute atomic E-state index is 0.0126. The summed E-state index contributed by atoms with van der Waals surface area (Å²) in [5.74, 6) is 0.654. The van der Waals surface area contributed by atoms with Gasteiger partial charge in [-0.1, -0.05) is 12.1 Å². The highest BCUT2D eigenvalue weighted by atomic mass is 19.4. The average molecular weight is 344 g/mol. The average Bonchev–Trinajstić information content (AvgIpc) is 2.89. The summed E-state index contributed by atoms with van der Waals surface area (Å²) >= 11 is 0. The molecule has 1 aromatic heterocycles. The van der Waals surface area contributed by atoms with Gasteiger partial charge in [0, 0.05) is 19.8 Å². The molecule has 1 heterocycles. The van der Waals surface area contributed by atoms with Crippen LogP contribution in [0.3, 0.4) is 0 Å². The lowest BCUT2D eigenvalue weighted by molar-refractivity contribution is -0.137. The van der Waals surface area contributed by atoms with Crippen LogP contribution >= 0.6 is 0 Å². The van der Waals surface area contributed by atoms with Gasteiger partial charge in [-0.2, -0.15) is 18.4 Å². The number of aromatic nitrogens is 2. The van der Waals surface area contributed by atoms with Gasteiger partial charge in [-0.05, 0) is 30.3 Å². The first kappa shape index (κ1) is 16.8. The van der Waals surface area contributed by atoms with E-state index >= 15 is 0 Å². The lowest BCUT2D eigenvalue weighted by Gasteiger charge is -2.23. The van der Waals surface area contributed by atoms with Gasteiger partial charge in [0.15, 0.2) is 0 Å². The van der Waals surface area contributed by atoms with E-state index < -0.39 is 11.7 Å². The maximum atomic E-state index is 13.4. The summed E-state index contributed by atoms with van der Waals surface area (Å²) in [5.41, 5.74) is 0.879. The first-order chi connectivity index (χ1) is 11.8. The Balaban J connectivity index is 1.99. The molecule has 0 aliphatic heterocycles. The van der Waals surface area contributed by atoms with E-state index in [4.69, 9.17) is 5.26 Å². The Labute approximate surface area is 142 Å². The SMILES string of the molecule is CN(Cc1nc2ccccc2n1C)c1ccc(C#N)cc1C(F)(F)F. The molecule has 0 N–H and O–H groups in total. The van der Waals surface area contributed by atoms with E-state index in [1.165, 1.54) is 17.0 Å². The Hall–Kier alpha value is -3.01. The second-order valence-electron chi connectivity index (χ2n) is 5.77. The smallest absolute Gasteiger partial charge is 0.367 e. The summed E-state index contributed by atoms with van der Waals surface area (Å²) in [6, 6.07) is 12.9. The van der Waals surface area contributed by atoms with Gasteiger partial charge in [0.25, 0.3) is 0 Å². The third kappa shape index (κ3) is 3.15. The Morgan fingerprint density at radius 1 is 1.20 bits per heavy atom. The zero-order valence-electron chi connectivity index (χ0n) is 13.7. The minimum atomic E-state index is -4.54. The second-order valence-corrected chi connectivity index (χ2v) is 5.77. The van der Waals surface area contributed by atoms with Crippen LogP contribution in [0.4, 0.5) is 18.9 Å². The van der Waals surface area contributed by atoms with Crippen LogP contribution in [0.1, 0.15) is 17.0 Å². The number of anilines is 1. The van der Waals surface area contributed by atoms with Gasteiger partial charge in [-0.3, -0.25) is 0 Å². The molecule has 3 rings (SSSR count). The van der Waals surface area contributed by atoms with E-state index in [9.17, 15) is 13.2 Å². The molecule has 0 fully saturated rings. The topological polar surface area (TPSA) is 44.9 Å². The van der Waals surface area contributed by atoms with E-state index in [2.05, 4.69) is 4.98 Å². The number of fused-ring (bicyclic) bond motifs is 1. The van der Waals surface area contributed by atoms with Crippen molar-refractivity contribution in [3.05, 3.63) is 59.4 Å². The standard InChI is InChI=1S/C18H15F3N4/c1-24(11-17-23-14-5-3-4-6-16(14)25(17)2)15-8-7-12(10-22)9-13(15)18(19,20)21/h3-9H,11H2,1-2H3. The van der Waals surface area contributed by atoms with Crippen LogP contribution in [0.25, 0.3) is 11.0 Å². The van der Waals surface area contributed by atoms with Gasteiger partial charge in [0.1, 0.15) is 5.82 Å². The summed E-state index contributed by atoms with van der Waals surface area (Å²) < 4.78 is 41.9. The molecule has 0 radical (unpaired) electrons. The van der Waals surface area contributed by atoms with Crippen molar-refractivity contribution in [2.45, 2.75) is 12.7 Å². The fourth-order valence-corrected chi connectivity index (χ4v) is 2.80. The lowest BCUT2D eigenvalue weighted by atomic mass is 10.1. The van der Waals surface area contributed by atoms with Crippen molar-refractivity contribution in [2.24, 2.45) is 7.05 Å². The third-order valence-electron chi connectivity index (χ3n) is 4.10. The predicted molar refractivity (Wildman–Crippen MR) is 89.0 cm³/mol. The number of nitrogens with zero attached hydrogens (tertiary/aromatic N) is 4. The number of alkyl halides is 3. The molecule has 0 saturated heterocycles.